The molecule has 2 atom stereocenters. The zero-order valence-electron chi connectivity index (χ0n) is 16.6. The minimum absolute atomic E-state index is 0.0164. The number of allylic oxidation sites excluding steroid dienone is 1. The third-order valence-corrected chi connectivity index (χ3v) is 4.55. The molecule has 2 rings (SSSR count). The van der Waals surface area contributed by atoms with Gasteiger partial charge in [-0.2, -0.15) is 13.2 Å². The van der Waals surface area contributed by atoms with Crippen LogP contribution in [0.25, 0.3) is 6.08 Å². The highest BCUT2D eigenvalue weighted by Gasteiger charge is 2.40. The number of carbonyl (C=O) groups excluding carboxylic acids is 2. The van der Waals surface area contributed by atoms with E-state index in [1.807, 2.05) is 41.7 Å². The third-order valence-electron chi connectivity index (χ3n) is 4.55. The monoisotopic (exact) mass is 419 g/mol. The molecule has 2 aromatic rings. The average Bonchev–Trinajstić information content (AvgIpc) is 2.73. The SMILES string of the molecule is COC(=O)[C@H](C/C=C/c1ccccc1)C[C@H](Cc1ccccc1)NC(=O)C(F)(F)F. The summed E-state index contributed by atoms with van der Waals surface area (Å²) < 4.78 is 43.2. The molecule has 160 valence electrons. The molecule has 0 saturated heterocycles. The Morgan fingerprint density at radius 3 is 2.20 bits per heavy atom. The van der Waals surface area contributed by atoms with Crippen LogP contribution in [-0.4, -0.2) is 31.2 Å². The number of ether oxygens (including phenoxy) is 1. The Morgan fingerprint density at radius 1 is 1.03 bits per heavy atom. The van der Waals surface area contributed by atoms with Crippen LogP contribution < -0.4 is 5.32 Å². The first kappa shape index (κ1) is 23.2. The highest BCUT2D eigenvalue weighted by Crippen LogP contribution is 2.21. The van der Waals surface area contributed by atoms with Gasteiger partial charge < -0.3 is 10.1 Å². The Labute approximate surface area is 173 Å². The minimum atomic E-state index is -5.00. The van der Waals surface area contributed by atoms with Gasteiger partial charge in [-0.3, -0.25) is 9.59 Å². The van der Waals surface area contributed by atoms with Crippen LogP contribution in [0.15, 0.2) is 66.7 Å². The van der Waals surface area contributed by atoms with Crippen LogP contribution >= 0.6 is 0 Å². The Balaban J connectivity index is 2.14. The lowest BCUT2D eigenvalue weighted by atomic mass is 9.92. The maximum atomic E-state index is 12.8. The minimum Gasteiger partial charge on any atom is -0.469 e. The third kappa shape index (κ3) is 7.73. The number of hydrogen-bond donors (Lipinski definition) is 1. The number of rotatable bonds is 9. The molecule has 0 aliphatic carbocycles. The first-order valence-electron chi connectivity index (χ1n) is 9.50. The predicted molar refractivity (Wildman–Crippen MR) is 108 cm³/mol. The summed E-state index contributed by atoms with van der Waals surface area (Å²) in [7, 11) is 1.23. The second-order valence-corrected chi connectivity index (χ2v) is 6.86. The van der Waals surface area contributed by atoms with Gasteiger partial charge in [0.15, 0.2) is 0 Å². The van der Waals surface area contributed by atoms with Gasteiger partial charge in [0.25, 0.3) is 0 Å². The molecule has 0 bridgehead atoms. The van der Waals surface area contributed by atoms with Gasteiger partial charge in [0, 0.05) is 6.04 Å². The van der Waals surface area contributed by atoms with Crippen LogP contribution in [0, 0.1) is 5.92 Å². The van der Waals surface area contributed by atoms with E-state index in [2.05, 4.69) is 0 Å². The van der Waals surface area contributed by atoms with Crippen molar-refractivity contribution in [2.75, 3.05) is 7.11 Å². The normalized spacial score (nSPS) is 13.6. The summed E-state index contributed by atoms with van der Waals surface area (Å²) in [6.45, 7) is 0. The lowest BCUT2D eigenvalue weighted by Crippen LogP contribution is -2.45. The molecule has 0 aliphatic rings. The highest BCUT2D eigenvalue weighted by atomic mass is 19.4. The van der Waals surface area contributed by atoms with Crippen molar-refractivity contribution in [1.82, 2.24) is 5.32 Å². The van der Waals surface area contributed by atoms with Crippen molar-refractivity contribution in [3.05, 3.63) is 77.9 Å². The summed E-state index contributed by atoms with van der Waals surface area (Å²) in [6.07, 6.45) is -0.933. The van der Waals surface area contributed by atoms with E-state index < -0.39 is 30.0 Å². The first-order chi connectivity index (χ1) is 14.3. The molecule has 1 N–H and O–H groups in total. The van der Waals surface area contributed by atoms with Gasteiger partial charge in [-0.15, -0.1) is 0 Å². The van der Waals surface area contributed by atoms with E-state index in [1.54, 1.807) is 36.4 Å². The molecule has 2 aromatic carbocycles. The van der Waals surface area contributed by atoms with Gasteiger partial charge in [0.05, 0.1) is 13.0 Å². The summed E-state index contributed by atoms with van der Waals surface area (Å²) in [5.41, 5.74) is 1.70. The van der Waals surface area contributed by atoms with E-state index in [-0.39, 0.29) is 19.3 Å². The molecular formula is C23H24F3NO3. The van der Waals surface area contributed by atoms with Crippen LogP contribution in [0.2, 0.25) is 0 Å². The zero-order chi connectivity index (χ0) is 22.0. The average molecular weight is 419 g/mol. The molecule has 0 unspecified atom stereocenters. The molecule has 7 heteroatoms. The fourth-order valence-corrected chi connectivity index (χ4v) is 3.09. The molecule has 4 nitrogen and oxygen atoms in total. The predicted octanol–water partition coefficient (Wildman–Crippen LogP) is 4.56. The maximum absolute atomic E-state index is 12.8. The van der Waals surface area contributed by atoms with Crippen LogP contribution in [0.1, 0.15) is 24.0 Å². The van der Waals surface area contributed by atoms with Crippen LogP contribution in [0.3, 0.4) is 0 Å². The fourth-order valence-electron chi connectivity index (χ4n) is 3.09. The van der Waals surface area contributed by atoms with E-state index in [0.29, 0.717) is 0 Å². The summed E-state index contributed by atoms with van der Waals surface area (Å²) in [6, 6.07) is 17.4. The molecule has 30 heavy (non-hydrogen) atoms. The Kier molecular flexibility index (Phi) is 8.65. The molecule has 1 amide bonds. The van der Waals surface area contributed by atoms with E-state index >= 15 is 0 Å². The van der Waals surface area contributed by atoms with Crippen molar-refractivity contribution in [2.24, 2.45) is 5.92 Å². The molecule has 0 fully saturated rings. The van der Waals surface area contributed by atoms with E-state index in [0.717, 1.165) is 11.1 Å². The Morgan fingerprint density at radius 2 is 1.63 bits per heavy atom. The van der Waals surface area contributed by atoms with E-state index in [9.17, 15) is 22.8 Å². The summed E-state index contributed by atoms with van der Waals surface area (Å²) in [5, 5.41) is 2.03. The summed E-state index contributed by atoms with van der Waals surface area (Å²) >= 11 is 0. The van der Waals surface area contributed by atoms with Gasteiger partial charge in [0.1, 0.15) is 0 Å². The van der Waals surface area contributed by atoms with Crippen molar-refractivity contribution in [3.63, 3.8) is 0 Å². The van der Waals surface area contributed by atoms with Crippen LogP contribution in [-0.2, 0) is 20.7 Å². The van der Waals surface area contributed by atoms with Crippen molar-refractivity contribution in [2.45, 2.75) is 31.5 Å². The van der Waals surface area contributed by atoms with Crippen molar-refractivity contribution >= 4 is 18.0 Å². The molecule has 0 aliphatic heterocycles. The van der Waals surface area contributed by atoms with Crippen molar-refractivity contribution in [1.29, 1.82) is 0 Å². The smallest absolute Gasteiger partial charge is 0.469 e. The number of esters is 1. The van der Waals surface area contributed by atoms with E-state index in [1.165, 1.54) is 7.11 Å². The lowest BCUT2D eigenvalue weighted by molar-refractivity contribution is -0.174. The van der Waals surface area contributed by atoms with Gasteiger partial charge in [-0.25, -0.2) is 0 Å². The molecule has 0 radical (unpaired) electrons. The number of alkyl halides is 3. The number of amides is 1. The molecule has 0 saturated carbocycles. The number of hydrogen-bond acceptors (Lipinski definition) is 3. The van der Waals surface area contributed by atoms with Gasteiger partial charge in [0.2, 0.25) is 0 Å². The summed E-state index contributed by atoms with van der Waals surface area (Å²) in [5.74, 6) is -3.25. The summed E-state index contributed by atoms with van der Waals surface area (Å²) in [4.78, 5) is 23.8. The quantitative estimate of drug-likeness (QED) is 0.607. The highest BCUT2D eigenvalue weighted by molar-refractivity contribution is 5.82. The van der Waals surface area contributed by atoms with Gasteiger partial charge in [-0.1, -0.05) is 72.8 Å². The van der Waals surface area contributed by atoms with Crippen LogP contribution in [0.5, 0.6) is 0 Å². The molecule has 0 heterocycles. The van der Waals surface area contributed by atoms with Crippen LogP contribution in [0.4, 0.5) is 13.2 Å². The largest absolute Gasteiger partial charge is 0.471 e. The number of methoxy groups -OCH3 is 1. The zero-order valence-corrected chi connectivity index (χ0v) is 16.6. The number of benzene rings is 2. The second kappa shape index (κ2) is 11.2. The Hall–Kier alpha value is -3.09. The maximum Gasteiger partial charge on any atom is 0.471 e. The van der Waals surface area contributed by atoms with Crippen molar-refractivity contribution < 1.29 is 27.5 Å². The van der Waals surface area contributed by atoms with Gasteiger partial charge in [-0.05, 0) is 30.4 Å². The number of nitrogens with one attached hydrogen (secondary N) is 1. The van der Waals surface area contributed by atoms with E-state index in [4.69, 9.17) is 4.74 Å². The Bertz CT molecular complexity index is 836. The molecule has 0 spiro atoms. The molecule has 0 aromatic heterocycles. The lowest BCUT2D eigenvalue weighted by Gasteiger charge is -2.23. The number of carbonyl (C=O) groups is 2. The van der Waals surface area contributed by atoms with Crippen molar-refractivity contribution in [3.8, 4) is 0 Å². The molecular weight excluding hydrogens is 395 g/mol. The van der Waals surface area contributed by atoms with Gasteiger partial charge >= 0.3 is 18.1 Å². The topological polar surface area (TPSA) is 55.4 Å². The first-order valence-corrected chi connectivity index (χ1v) is 9.50. The number of halogens is 3. The second-order valence-electron chi connectivity index (χ2n) is 6.86. The fraction of sp³-hybridized carbons (Fsp3) is 0.304. The standard InChI is InChI=1S/C23H24F3NO3/c1-30-21(28)19(14-8-13-17-9-4-2-5-10-17)16-20(27-22(29)23(24,25)26)15-18-11-6-3-7-12-18/h2-13,19-20H,14-16H2,1H3,(H,27,29)/b13-8+/t19-,20+/m1/s1.